The van der Waals surface area contributed by atoms with E-state index in [9.17, 15) is 14.4 Å². The molecule has 1 saturated heterocycles. The largest absolute Gasteiger partial charge is 0.376 e. The first-order valence-electron chi connectivity index (χ1n) is 13.1. The third-order valence-corrected chi connectivity index (χ3v) is 8.33. The summed E-state index contributed by atoms with van der Waals surface area (Å²) in [5, 5.41) is 6.95. The fraction of sp³-hybridized carbons (Fsp3) is 0.571. The fourth-order valence-electron chi connectivity index (χ4n) is 4.70. The van der Waals surface area contributed by atoms with Crippen molar-refractivity contribution in [3.63, 3.8) is 0 Å². The van der Waals surface area contributed by atoms with E-state index in [0.29, 0.717) is 25.8 Å². The van der Waals surface area contributed by atoms with Crippen molar-refractivity contribution in [2.45, 2.75) is 71.1 Å². The minimum absolute atomic E-state index is 0.0593. The number of amides is 3. The van der Waals surface area contributed by atoms with Crippen LogP contribution in [0.5, 0.6) is 0 Å². The Kier molecular flexibility index (Phi) is 10.5. The van der Waals surface area contributed by atoms with Crippen molar-refractivity contribution in [2.24, 2.45) is 10.5 Å². The molecule has 1 heterocycles. The highest BCUT2D eigenvalue weighted by Gasteiger charge is 2.43. The van der Waals surface area contributed by atoms with Gasteiger partial charge in [-0.05, 0) is 46.2 Å². The fourth-order valence-corrected chi connectivity index (χ4v) is 5.27. The SMILES string of the molecule is C=C(C(=O)N/N=C/SCN1CN(C)C(C)(C)C1=O)C(C)NC(=O)C1(COCc2ccccc2)CCCCC1. The highest BCUT2D eigenvalue weighted by atomic mass is 32.2. The Labute approximate surface area is 230 Å². The normalized spacial score (nSPS) is 19.9. The van der Waals surface area contributed by atoms with Crippen LogP contribution in [0.1, 0.15) is 58.4 Å². The molecular weight excluding hydrogens is 502 g/mol. The smallest absolute Gasteiger partial charge is 0.268 e. The van der Waals surface area contributed by atoms with Gasteiger partial charge in [0.2, 0.25) is 11.8 Å². The molecule has 1 aromatic carbocycles. The van der Waals surface area contributed by atoms with E-state index in [1.54, 1.807) is 11.8 Å². The third-order valence-electron chi connectivity index (χ3n) is 7.62. The lowest BCUT2D eigenvalue weighted by atomic mass is 9.73. The first-order valence-corrected chi connectivity index (χ1v) is 14.2. The molecule has 2 aliphatic rings. The van der Waals surface area contributed by atoms with Crippen molar-refractivity contribution in [3.05, 3.63) is 48.0 Å². The number of hydrogen-bond acceptors (Lipinski definition) is 7. The topological polar surface area (TPSA) is 103 Å². The summed E-state index contributed by atoms with van der Waals surface area (Å²) in [5.41, 5.74) is 4.11. The van der Waals surface area contributed by atoms with Gasteiger partial charge in [0.1, 0.15) is 0 Å². The number of rotatable bonds is 12. The van der Waals surface area contributed by atoms with Gasteiger partial charge in [0.05, 0.1) is 48.3 Å². The molecule has 1 aliphatic carbocycles. The van der Waals surface area contributed by atoms with Gasteiger partial charge in [-0.2, -0.15) is 5.10 Å². The van der Waals surface area contributed by atoms with E-state index in [1.807, 2.05) is 56.1 Å². The summed E-state index contributed by atoms with van der Waals surface area (Å²) in [4.78, 5) is 42.1. The highest BCUT2D eigenvalue weighted by molar-refractivity contribution is 8.12. The summed E-state index contributed by atoms with van der Waals surface area (Å²) in [5.74, 6) is -0.0721. The van der Waals surface area contributed by atoms with E-state index < -0.39 is 22.9 Å². The van der Waals surface area contributed by atoms with Crippen molar-refractivity contribution in [1.29, 1.82) is 0 Å². The number of nitrogens with one attached hydrogen (secondary N) is 2. The lowest BCUT2D eigenvalue weighted by Gasteiger charge is -2.36. The second-order valence-electron chi connectivity index (χ2n) is 10.8. The quantitative estimate of drug-likeness (QED) is 0.181. The molecule has 1 unspecified atom stereocenters. The molecule has 0 bridgehead atoms. The molecule has 0 radical (unpaired) electrons. The third kappa shape index (κ3) is 7.45. The predicted octanol–water partition coefficient (Wildman–Crippen LogP) is 3.47. The van der Waals surface area contributed by atoms with Crippen LogP contribution >= 0.6 is 11.8 Å². The maximum absolute atomic E-state index is 13.4. The number of ether oxygens (including phenoxy) is 1. The van der Waals surface area contributed by atoms with Crippen LogP contribution in [0.15, 0.2) is 47.6 Å². The number of likely N-dealkylation sites (N-methyl/N-ethyl adjacent to an activating group) is 1. The van der Waals surface area contributed by atoms with Crippen LogP contribution in [0, 0.1) is 5.41 Å². The highest BCUT2D eigenvalue weighted by Crippen LogP contribution is 2.37. The molecule has 2 N–H and O–H groups in total. The molecule has 3 rings (SSSR count). The number of thioether (sulfide) groups is 1. The molecule has 2 fully saturated rings. The summed E-state index contributed by atoms with van der Waals surface area (Å²) in [7, 11) is 1.91. The Hall–Kier alpha value is -2.69. The maximum Gasteiger partial charge on any atom is 0.268 e. The number of hydrogen-bond donors (Lipinski definition) is 2. The molecule has 10 heteroatoms. The van der Waals surface area contributed by atoms with Gasteiger partial charge in [-0.1, -0.05) is 67.9 Å². The average molecular weight is 544 g/mol. The summed E-state index contributed by atoms with van der Waals surface area (Å²) < 4.78 is 6.00. The van der Waals surface area contributed by atoms with E-state index in [1.165, 1.54) is 17.3 Å². The molecule has 1 aliphatic heterocycles. The molecule has 1 saturated carbocycles. The van der Waals surface area contributed by atoms with Gasteiger partial charge in [0.25, 0.3) is 5.91 Å². The van der Waals surface area contributed by atoms with Crippen LogP contribution in [-0.4, -0.2) is 70.8 Å². The van der Waals surface area contributed by atoms with E-state index in [4.69, 9.17) is 4.74 Å². The standard InChI is InChI=1S/C28H41N5O4S/c1-21(24(34)31-29-18-38-20-33-19-32(5)27(3,4)26(33)36)22(2)30-25(35)28(14-10-7-11-15-28)17-37-16-23-12-8-6-9-13-23/h6,8-9,12-13,18,22H,1,7,10-11,14-17,19-20H2,2-5H3,(H,30,35)(H,31,34)/b29-18+. The Morgan fingerprint density at radius 3 is 2.53 bits per heavy atom. The summed E-state index contributed by atoms with van der Waals surface area (Å²) in [6.45, 7) is 10.8. The van der Waals surface area contributed by atoms with E-state index in [2.05, 4.69) is 22.4 Å². The lowest BCUT2D eigenvalue weighted by Crippen LogP contribution is -2.49. The van der Waals surface area contributed by atoms with E-state index >= 15 is 0 Å². The van der Waals surface area contributed by atoms with Crippen LogP contribution in [0.2, 0.25) is 0 Å². The maximum atomic E-state index is 13.4. The first-order chi connectivity index (χ1) is 18.1. The van der Waals surface area contributed by atoms with Crippen LogP contribution in [0.3, 0.4) is 0 Å². The Morgan fingerprint density at radius 2 is 1.89 bits per heavy atom. The number of nitrogens with zero attached hydrogens (tertiary/aromatic N) is 3. The van der Waals surface area contributed by atoms with Gasteiger partial charge in [-0.25, -0.2) is 5.43 Å². The second kappa shape index (κ2) is 13.4. The predicted molar refractivity (Wildman–Crippen MR) is 151 cm³/mol. The minimum Gasteiger partial charge on any atom is -0.376 e. The van der Waals surface area contributed by atoms with Crippen molar-refractivity contribution >= 4 is 35.0 Å². The zero-order valence-corrected chi connectivity index (χ0v) is 23.8. The Morgan fingerprint density at radius 1 is 1.21 bits per heavy atom. The average Bonchev–Trinajstić information content (AvgIpc) is 3.10. The molecule has 0 aromatic heterocycles. The van der Waals surface area contributed by atoms with Crippen molar-refractivity contribution in [1.82, 2.24) is 20.5 Å². The van der Waals surface area contributed by atoms with Gasteiger partial charge in [0, 0.05) is 5.57 Å². The van der Waals surface area contributed by atoms with Gasteiger partial charge in [-0.15, -0.1) is 0 Å². The zero-order valence-electron chi connectivity index (χ0n) is 23.0. The van der Waals surface area contributed by atoms with Crippen molar-refractivity contribution in [3.8, 4) is 0 Å². The van der Waals surface area contributed by atoms with E-state index in [-0.39, 0.29) is 17.4 Å². The summed E-state index contributed by atoms with van der Waals surface area (Å²) >= 11 is 1.31. The zero-order chi connectivity index (χ0) is 27.8. The van der Waals surface area contributed by atoms with Gasteiger partial charge < -0.3 is 15.0 Å². The number of carbonyl (C=O) groups excluding carboxylic acids is 3. The molecular formula is C28H41N5O4S. The van der Waals surface area contributed by atoms with Crippen LogP contribution in [0.25, 0.3) is 0 Å². The summed E-state index contributed by atoms with van der Waals surface area (Å²) in [6, 6.07) is 9.35. The first kappa shape index (κ1) is 29.9. The molecule has 38 heavy (non-hydrogen) atoms. The van der Waals surface area contributed by atoms with Gasteiger partial charge in [-0.3, -0.25) is 19.3 Å². The molecule has 0 spiro atoms. The van der Waals surface area contributed by atoms with E-state index in [0.717, 1.165) is 37.7 Å². The van der Waals surface area contributed by atoms with Crippen molar-refractivity contribution in [2.75, 3.05) is 26.2 Å². The second-order valence-corrected chi connectivity index (χ2v) is 11.6. The monoisotopic (exact) mass is 543 g/mol. The molecule has 3 amide bonds. The number of carbonyl (C=O) groups is 3. The molecule has 1 atom stereocenters. The van der Waals surface area contributed by atoms with Gasteiger partial charge >= 0.3 is 0 Å². The molecule has 9 nitrogen and oxygen atoms in total. The Bertz CT molecular complexity index is 1020. The van der Waals surface area contributed by atoms with Gasteiger partial charge in [0.15, 0.2) is 0 Å². The minimum atomic E-state index is -0.609. The van der Waals surface area contributed by atoms with Crippen LogP contribution in [-0.2, 0) is 25.7 Å². The summed E-state index contributed by atoms with van der Waals surface area (Å²) in [6.07, 6.45) is 4.57. The molecule has 208 valence electrons. The van der Waals surface area contributed by atoms with Crippen molar-refractivity contribution < 1.29 is 19.1 Å². The van der Waals surface area contributed by atoms with Crippen LogP contribution < -0.4 is 10.7 Å². The Balaban J connectivity index is 1.45. The number of benzene rings is 1. The molecule has 1 aromatic rings. The lowest BCUT2D eigenvalue weighted by molar-refractivity contribution is -0.138. The van der Waals surface area contributed by atoms with Crippen LogP contribution in [0.4, 0.5) is 0 Å². The number of hydrazone groups is 1.